The van der Waals surface area contributed by atoms with Gasteiger partial charge >= 0.3 is 8.80 Å². The highest BCUT2D eigenvalue weighted by atomic mass is 28.4. The van der Waals surface area contributed by atoms with Crippen LogP contribution in [0.3, 0.4) is 0 Å². The lowest BCUT2D eigenvalue weighted by atomic mass is 10.5. The summed E-state index contributed by atoms with van der Waals surface area (Å²) in [5, 5.41) is 3.06. The molecular formula is C12H26N6O3Si. The number of hydrogen-bond donors (Lipinski definition) is 3. The van der Waals surface area contributed by atoms with Crippen LogP contribution < -0.4 is 16.8 Å². The van der Waals surface area contributed by atoms with E-state index in [-0.39, 0.29) is 11.9 Å². The lowest BCUT2D eigenvalue weighted by molar-refractivity contribution is 0.0710. The molecule has 0 unspecified atom stereocenters. The molecule has 0 fully saturated rings. The third-order valence-electron chi connectivity index (χ3n) is 2.71. The van der Waals surface area contributed by atoms with Gasteiger partial charge in [-0.15, -0.1) is 0 Å². The highest BCUT2D eigenvalue weighted by molar-refractivity contribution is 6.60. The highest BCUT2D eigenvalue weighted by Crippen LogP contribution is 2.18. The fourth-order valence-electron chi connectivity index (χ4n) is 1.99. The zero-order valence-corrected chi connectivity index (χ0v) is 14.5. The summed E-state index contributed by atoms with van der Waals surface area (Å²) in [6.07, 6.45) is 0.789. The lowest BCUT2D eigenvalue weighted by Gasteiger charge is -2.28. The van der Waals surface area contributed by atoms with Crippen LogP contribution in [-0.4, -0.2) is 50.1 Å². The summed E-state index contributed by atoms with van der Waals surface area (Å²) < 4.78 is 17.4. The van der Waals surface area contributed by atoms with E-state index in [0.717, 1.165) is 6.42 Å². The molecule has 0 aliphatic rings. The molecule has 0 radical (unpaired) electrons. The number of rotatable bonds is 11. The molecule has 22 heavy (non-hydrogen) atoms. The monoisotopic (exact) mass is 330 g/mol. The Morgan fingerprint density at radius 1 is 0.909 bits per heavy atom. The fraction of sp³-hybridized carbons (Fsp3) is 0.750. The maximum atomic E-state index is 5.79. The van der Waals surface area contributed by atoms with Gasteiger partial charge in [0, 0.05) is 32.4 Å². The van der Waals surface area contributed by atoms with E-state index < -0.39 is 8.80 Å². The van der Waals surface area contributed by atoms with Crippen molar-refractivity contribution in [1.29, 1.82) is 0 Å². The van der Waals surface area contributed by atoms with Crippen LogP contribution >= 0.6 is 0 Å². The molecule has 0 spiro atoms. The Morgan fingerprint density at radius 3 is 1.86 bits per heavy atom. The fourth-order valence-corrected chi connectivity index (χ4v) is 4.61. The van der Waals surface area contributed by atoms with Crippen LogP contribution in [0.1, 0.15) is 27.2 Å². The molecule has 1 aromatic rings. The molecule has 9 nitrogen and oxygen atoms in total. The Morgan fingerprint density at radius 2 is 1.41 bits per heavy atom. The van der Waals surface area contributed by atoms with E-state index in [1.165, 1.54) is 0 Å². The van der Waals surface area contributed by atoms with Crippen LogP contribution in [0.5, 0.6) is 0 Å². The standard InChI is InChI=1S/C12H26N6O3Si/c1-4-19-22(20-5-2,21-6-3)9-7-8-15-12-17-10(13)16-11(14)18-12/h4-9H2,1-3H3,(H5,13,14,15,16,17,18). The number of aromatic nitrogens is 3. The quantitative estimate of drug-likeness (QED) is 0.400. The largest absolute Gasteiger partial charge is 0.500 e. The normalized spacial score (nSPS) is 11.6. The summed E-state index contributed by atoms with van der Waals surface area (Å²) in [5.74, 6) is 0.551. The minimum atomic E-state index is -2.60. The third-order valence-corrected chi connectivity index (χ3v) is 5.86. The van der Waals surface area contributed by atoms with E-state index >= 15 is 0 Å². The first kappa shape index (κ1) is 18.6. The van der Waals surface area contributed by atoms with Crippen molar-refractivity contribution in [3.63, 3.8) is 0 Å². The van der Waals surface area contributed by atoms with Gasteiger partial charge in [-0.05, 0) is 27.2 Å². The Hall–Kier alpha value is -1.49. The summed E-state index contributed by atoms with van der Waals surface area (Å²) >= 11 is 0. The van der Waals surface area contributed by atoms with Crippen molar-refractivity contribution in [3.8, 4) is 0 Å². The predicted molar refractivity (Wildman–Crippen MR) is 87.2 cm³/mol. The van der Waals surface area contributed by atoms with E-state index in [0.29, 0.717) is 38.4 Å². The molecule has 0 aliphatic carbocycles. The van der Waals surface area contributed by atoms with Crippen LogP contribution in [0.2, 0.25) is 6.04 Å². The van der Waals surface area contributed by atoms with Gasteiger partial charge in [0.15, 0.2) is 0 Å². The number of anilines is 3. The molecule has 10 heteroatoms. The summed E-state index contributed by atoms with van der Waals surface area (Å²) in [6, 6.07) is 0.714. The van der Waals surface area contributed by atoms with Crippen molar-refractivity contribution < 1.29 is 13.3 Å². The topological polar surface area (TPSA) is 130 Å². The number of nitrogens with one attached hydrogen (secondary N) is 1. The van der Waals surface area contributed by atoms with Gasteiger partial charge in [-0.2, -0.15) is 15.0 Å². The summed E-state index contributed by atoms with van der Waals surface area (Å²) in [4.78, 5) is 11.6. The molecule has 126 valence electrons. The molecule has 5 N–H and O–H groups in total. The average Bonchev–Trinajstić information content (AvgIpc) is 2.43. The number of hydrogen-bond acceptors (Lipinski definition) is 9. The zero-order valence-electron chi connectivity index (χ0n) is 13.5. The highest BCUT2D eigenvalue weighted by Gasteiger charge is 2.39. The zero-order chi connectivity index (χ0) is 16.4. The van der Waals surface area contributed by atoms with E-state index in [2.05, 4.69) is 20.3 Å². The van der Waals surface area contributed by atoms with Gasteiger partial charge in [0.2, 0.25) is 17.8 Å². The van der Waals surface area contributed by atoms with Gasteiger partial charge < -0.3 is 30.1 Å². The smallest absolute Gasteiger partial charge is 0.374 e. The van der Waals surface area contributed by atoms with E-state index in [4.69, 9.17) is 24.7 Å². The summed E-state index contributed by atoms with van der Waals surface area (Å²) in [6.45, 7) is 8.16. The maximum absolute atomic E-state index is 5.79. The van der Waals surface area contributed by atoms with Crippen molar-refractivity contribution in [2.75, 3.05) is 43.1 Å². The van der Waals surface area contributed by atoms with E-state index in [1.807, 2.05) is 20.8 Å². The van der Waals surface area contributed by atoms with Gasteiger partial charge in [-0.1, -0.05) is 0 Å². The van der Waals surface area contributed by atoms with Gasteiger partial charge in [-0.25, -0.2) is 0 Å². The number of nitrogen functional groups attached to an aromatic ring is 2. The Kier molecular flexibility index (Phi) is 8.02. The van der Waals surface area contributed by atoms with Crippen LogP contribution in [0.15, 0.2) is 0 Å². The van der Waals surface area contributed by atoms with Crippen LogP contribution in [0, 0.1) is 0 Å². The van der Waals surface area contributed by atoms with E-state index in [1.54, 1.807) is 0 Å². The Bertz CT molecular complexity index is 414. The molecule has 0 amide bonds. The predicted octanol–water partition coefficient (Wildman–Crippen LogP) is 0.886. The molecule has 1 rings (SSSR count). The van der Waals surface area contributed by atoms with Crippen molar-refractivity contribution in [3.05, 3.63) is 0 Å². The van der Waals surface area contributed by atoms with Gasteiger partial charge in [0.1, 0.15) is 0 Å². The maximum Gasteiger partial charge on any atom is 0.500 e. The summed E-state index contributed by atoms with van der Waals surface area (Å²) in [7, 11) is -2.60. The third kappa shape index (κ3) is 6.09. The van der Waals surface area contributed by atoms with Gasteiger partial charge in [0.25, 0.3) is 0 Å². The molecule has 0 atom stereocenters. The summed E-state index contributed by atoms with van der Waals surface area (Å²) in [5.41, 5.74) is 11.0. The average molecular weight is 330 g/mol. The SMILES string of the molecule is CCO[Si](CCCNc1nc(N)nc(N)n1)(OCC)OCC. The van der Waals surface area contributed by atoms with Crippen LogP contribution in [-0.2, 0) is 13.3 Å². The molecule has 1 aromatic heterocycles. The lowest BCUT2D eigenvalue weighted by Crippen LogP contribution is -2.46. The second kappa shape index (κ2) is 9.51. The molecule has 0 saturated heterocycles. The second-order valence-corrected chi connectivity index (χ2v) is 7.12. The Balaban J connectivity index is 2.50. The van der Waals surface area contributed by atoms with Crippen molar-refractivity contribution in [2.45, 2.75) is 33.2 Å². The van der Waals surface area contributed by atoms with Crippen LogP contribution in [0.25, 0.3) is 0 Å². The molecule has 0 aliphatic heterocycles. The Labute approximate surface area is 132 Å². The molecular weight excluding hydrogens is 304 g/mol. The van der Waals surface area contributed by atoms with Crippen molar-refractivity contribution in [2.24, 2.45) is 0 Å². The molecule has 1 heterocycles. The minimum Gasteiger partial charge on any atom is -0.374 e. The molecule has 0 aromatic carbocycles. The number of nitrogens with zero attached hydrogens (tertiary/aromatic N) is 3. The first-order valence-electron chi connectivity index (χ1n) is 7.48. The van der Waals surface area contributed by atoms with Crippen LogP contribution in [0.4, 0.5) is 17.8 Å². The van der Waals surface area contributed by atoms with Crippen molar-refractivity contribution >= 4 is 26.6 Å². The molecule has 0 bridgehead atoms. The minimum absolute atomic E-state index is 0.0941. The van der Waals surface area contributed by atoms with Crippen molar-refractivity contribution in [1.82, 2.24) is 15.0 Å². The first-order chi connectivity index (χ1) is 10.5. The first-order valence-corrected chi connectivity index (χ1v) is 9.41. The molecule has 0 saturated carbocycles. The van der Waals surface area contributed by atoms with Gasteiger partial charge in [0.05, 0.1) is 0 Å². The second-order valence-electron chi connectivity index (χ2n) is 4.39. The van der Waals surface area contributed by atoms with E-state index in [9.17, 15) is 0 Å². The van der Waals surface area contributed by atoms with Gasteiger partial charge in [-0.3, -0.25) is 0 Å². The number of nitrogens with two attached hydrogens (primary N) is 2.